The largest absolute Gasteiger partial charge is 0.462 e. The molecule has 6 heteroatoms. The van der Waals surface area contributed by atoms with Gasteiger partial charge in [-0.2, -0.15) is 5.26 Å². The van der Waals surface area contributed by atoms with Crippen molar-refractivity contribution < 1.29 is 9.53 Å². The Hall–Kier alpha value is -3.20. The lowest BCUT2D eigenvalue weighted by Crippen LogP contribution is -2.50. The molecule has 0 aromatic carbocycles. The fourth-order valence-electron chi connectivity index (χ4n) is 9.01. The molecule has 4 aliphatic rings. The van der Waals surface area contributed by atoms with Crippen LogP contribution in [-0.2, 0) is 9.53 Å². The Kier molecular flexibility index (Phi) is 6.29. The Labute approximate surface area is 225 Å². The van der Waals surface area contributed by atoms with E-state index >= 15 is 0 Å². The lowest BCUT2D eigenvalue weighted by Gasteiger charge is -2.58. The summed E-state index contributed by atoms with van der Waals surface area (Å²) in [5.74, 6) is 3.51. The van der Waals surface area contributed by atoms with Crippen LogP contribution in [0.15, 0.2) is 48.3 Å². The van der Waals surface area contributed by atoms with Crippen molar-refractivity contribution in [1.82, 2.24) is 9.97 Å². The number of esters is 1. The van der Waals surface area contributed by atoms with Crippen molar-refractivity contribution in [3.63, 3.8) is 0 Å². The first-order chi connectivity index (χ1) is 18.3. The Morgan fingerprint density at radius 3 is 2.71 bits per heavy atom. The highest BCUT2D eigenvalue weighted by Crippen LogP contribution is 2.68. The van der Waals surface area contributed by atoms with Crippen LogP contribution >= 0.6 is 0 Å². The Bertz CT molecular complexity index is 1300. The number of allylic oxidation sites excluding steroid dienone is 1. The first kappa shape index (κ1) is 25.1. The van der Waals surface area contributed by atoms with Crippen LogP contribution in [0.1, 0.15) is 89.2 Å². The number of nitrogens with one attached hydrogen (secondary N) is 1. The summed E-state index contributed by atoms with van der Waals surface area (Å²) in [4.78, 5) is 20.5. The third-order valence-electron chi connectivity index (χ3n) is 10.8. The Morgan fingerprint density at radius 1 is 1.08 bits per heavy atom. The number of nitrogens with zero attached hydrogens (tertiary/aromatic N) is 3. The van der Waals surface area contributed by atoms with Gasteiger partial charge in [-0.05, 0) is 103 Å². The number of ether oxygens (including phenoxy) is 1. The molecule has 0 saturated heterocycles. The van der Waals surface area contributed by atoms with Crippen molar-refractivity contribution in [2.75, 3.05) is 5.32 Å². The number of nitriles is 1. The highest BCUT2D eigenvalue weighted by molar-refractivity contribution is 5.66. The monoisotopic (exact) mass is 510 g/mol. The van der Waals surface area contributed by atoms with Gasteiger partial charge < -0.3 is 10.1 Å². The summed E-state index contributed by atoms with van der Waals surface area (Å²) >= 11 is 0. The van der Waals surface area contributed by atoms with Gasteiger partial charge in [0.15, 0.2) is 0 Å². The molecule has 1 N–H and O–H groups in total. The van der Waals surface area contributed by atoms with Crippen LogP contribution in [0.2, 0.25) is 0 Å². The number of hydrogen-bond donors (Lipinski definition) is 1. The van der Waals surface area contributed by atoms with Gasteiger partial charge in [0.25, 0.3) is 0 Å². The molecule has 2 aromatic rings. The number of anilines is 2. The second kappa shape index (κ2) is 9.52. The van der Waals surface area contributed by atoms with Crippen LogP contribution in [0, 0.1) is 39.9 Å². The Morgan fingerprint density at radius 2 is 1.95 bits per heavy atom. The minimum absolute atomic E-state index is 0.0399. The summed E-state index contributed by atoms with van der Waals surface area (Å²) in [6.07, 6.45) is 15.0. The normalized spacial score (nSPS) is 35.6. The van der Waals surface area contributed by atoms with Crippen LogP contribution < -0.4 is 5.32 Å². The van der Waals surface area contributed by atoms with Crippen LogP contribution in [-0.4, -0.2) is 22.0 Å². The quantitative estimate of drug-likeness (QED) is 0.350. The van der Waals surface area contributed by atoms with Crippen molar-refractivity contribution in [3.05, 3.63) is 59.4 Å². The van der Waals surface area contributed by atoms with E-state index in [-0.39, 0.29) is 22.9 Å². The van der Waals surface area contributed by atoms with Crippen molar-refractivity contribution in [2.45, 2.75) is 84.2 Å². The van der Waals surface area contributed by atoms with Gasteiger partial charge in [-0.15, -0.1) is 0 Å². The third-order valence-corrected chi connectivity index (χ3v) is 10.8. The molecule has 4 aliphatic carbocycles. The molecule has 6 rings (SSSR count). The standard InChI is InChI=1S/C32H38N4O2/c1-20(37)38-22-11-14-31(2)21(18-22)7-8-24-27-10-9-26(32(27,3)15-12-28(24)31)23-13-17-35-30(25(23)19-33)36-29-6-4-5-16-34-29/h4-7,13,16-17,22,24,26-28H,8-12,14-15,18H2,1-3H3,(H,34,35,36)/t22-,24-,26+,27-,28-,31-,32+/m0/s1. The maximum absolute atomic E-state index is 11.6. The van der Waals surface area contributed by atoms with Gasteiger partial charge in [-0.3, -0.25) is 4.79 Å². The molecule has 3 saturated carbocycles. The summed E-state index contributed by atoms with van der Waals surface area (Å²) in [6, 6.07) is 10.3. The van der Waals surface area contributed by atoms with Gasteiger partial charge in [0.2, 0.25) is 0 Å². The van der Waals surface area contributed by atoms with Gasteiger partial charge in [0.05, 0.1) is 5.56 Å². The molecule has 2 aromatic heterocycles. The molecule has 0 amide bonds. The van der Waals surface area contributed by atoms with E-state index in [9.17, 15) is 10.1 Å². The predicted octanol–water partition coefficient (Wildman–Crippen LogP) is 7.07. The maximum Gasteiger partial charge on any atom is 0.302 e. The average molecular weight is 511 g/mol. The molecule has 0 radical (unpaired) electrons. The molecule has 198 valence electrons. The number of carbonyl (C=O) groups excluding carboxylic acids is 1. The van der Waals surface area contributed by atoms with Crippen LogP contribution in [0.3, 0.4) is 0 Å². The molecule has 0 bridgehead atoms. The number of hydrogen-bond acceptors (Lipinski definition) is 6. The zero-order valence-electron chi connectivity index (χ0n) is 22.7. The summed E-state index contributed by atoms with van der Waals surface area (Å²) in [6.45, 7) is 6.51. The first-order valence-corrected chi connectivity index (χ1v) is 14.3. The zero-order chi connectivity index (χ0) is 26.5. The second-order valence-corrected chi connectivity index (χ2v) is 12.5. The van der Waals surface area contributed by atoms with Gasteiger partial charge in [0.1, 0.15) is 23.8 Å². The highest BCUT2D eigenvalue weighted by Gasteiger charge is 2.59. The molecule has 6 nitrogen and oxygen atoms in total. The predicted molar refractivity (Wildman–Crippen MR) is 146 cm³/mol. The van der Waals surface area contributed by atoms with Crippen molar-refractivity contribution in [1.29, 1.82) is 5.26 Å². The fraction of sp³-hybridized carbons (Fsp3) is 0.562. The first-order valence-electron chi connectivity index (χ1n) is 14.3. The fourth-order valence-corrected chi connectivity index (χ4v) is 9.01. The topological polar surface area (TPSA) is 87.9 Å². The van der Waals surface area contributed by atoms with E-state index in [0.29, 0.717) is 40.9 Å². The van der Waals surface area contributed by atoms with Crippen molar-refractivity contribution in [3.8, 4) is 6.07 Å². The summed E-state index contributed by atoms with van der Waals surface area (Å²) in [5.41, 5.74) is 3.72. The smallest absolute Gasteiger partial charge is 0.302 e. The highest BCUT2D eigenvalue weighted by atomic mass is 16.5. The van der Waals surface area contributed by atoms with E-state index in [1.54, 1.807) is 6.20 Å². The SMILES string of the molecule is CC(=O)O[C@H]1CC[C@@]2(C)C(=CC[C@H]3[C@@H]4CC[C@H](c5ccnc(Nc6ccccn6)c5C#N)[C@@]4(C)CC[C@@H]32)C1. The molecular formula is C32H38N4O2. The number of rotatable bonds is 4. The number of fused-ring (bicyclic) bond motifs is 5. The third kappa shape index (κ3) is 4.02. The minimum Gasteiger partial charge on any atom is -0.462 e. The number of carbonyl (C=O) groups is 1. The molecule has 38 heavy (non-hydrogen) atoms. The molecular weight excluding hydrogens is 472 g/mol. The van der Waals surface area contributed by atoms with Gasteiger partial charge in [-0.25, -0.2) is 9.97 Å². The molecule has 0 aliphatic heterocycles. The minimum atomic E-state index is -0.162. The van der Waals surface area contributed by atoms with Crippen molar-refractivity contribution >= 4 is 17.6 Å². The van der Waals surface area contributed by atoms with Gasteiger partial charge in [0, 0.05) is 25.7 Å². The lowest BCUT2D eigenvalue weighted by atomic mass is 9.47. The summed E-state index contributed by atoms with van der Waals surface area (Å²) < 4.78 is 5.62. The van der Waals surface area contributed by atoms with E-state index in [1.807, 2.05) is 24.4 Å². The molecule has 3 fully saturated rings. The Balaban J connectivity index is 1.27. The summed E-state index contributed by atoms with van der Waals surface area (Å²) in [5, 5.41) is 13.5. The van der Waals surface area contributed by atoms with E-state index in [1.165, 1.54) is 31.8 Å². The van der Waals surface area contributed by atoms with E-state index in [4.69, 9.17) is 4.74 Å². The van der Waals surface area contributed by atoms with Crippen molar-refractivity contribution in [2.24, 2.45) is 28.6 Å². The molecule has 0 unspecified atom stereocenters. The van der Waals surface area contributed by atoms with Crippen LogP contribution in [0.5, 0.6) is 0 Å². The second-order valence-electron chi connectivity index (χ2n) is 12.5. The van der Waals surface area contributed by atoms with Gasteiger partial charge in [-0.1, -0.05) is 31.6 Å². The van der Waals surface area contributed by atoms with Crippen LogP contribution in [0.4, 0.5) is 11.6 Å². The maximum atomic E-state index is 11.6. The van der Waals surface area contributed by atoms with E-state index < -0.39 is 0 Å². The molecule has 0 spiro atoms. The zero-order valence-corrected chi connectivity index (χ0v) is 22.7. The lowest BCUT2D eigenvalue weighted by molar-refractivity contribution is -0.148. The average Bonchev–Trinajstić information content (AvgIpc) is 3.26. The number of pyridine rings is 2. The van der Waals surface area contributed by atoms with Gasteiger partial charge >= 0.3 is 5.97 Å². The number of aromatic nitrogens is 2. The molecule has 7 atom stereocenters. The molecule has 2 heterocycles. The van der Waals surface area contributed by atoms with E-state index in [0.717, 1.165) is 37.7 Å². The van der Waals surface area contributed by atoms with Crippen LogP contribution in [0.25, 0.3) is 0 Å². The summed E-state index contributed by atoms with van der Waals surface area (Å²) in [7, 11) is 0. The van der Waals surface area contributed by atoms with E-state index in [2.05, 4.69) is 47.3 Å².